The Morgan fingerprint density at radius 1 is 1.29 bits per heavy atom. The topological polar surface area (TPSA) is 46.2 Å². The highest BCUT2D eigenvalue weighted by atomic mass is 35.5. The van der Waals surface area contributed by atoms with E-state index >= 15 is 0 Å². The van der Waals surface area contributed by atoms with E-state index in [0.717, 1.165) is 11.1 Å². The van der Waals surface area contributed by atoms with Crippen LogP contribution in [0.25, 0.3) is 0 Å². The summed E-state index contributed by atoms with van der Waals surface area (Å²) in [7, 11) is -3.51. The van der Waals surface area contributed by atoms with Crippen LogP contribution < -0.4 is 4.72 Å². The van der Waals surface area contributed by atoms with E-state index in [4.69, 9.17) is 11.6 Å². The third kappa shape index (κ3) is 3.69. The van der Waals surface area contributed by atoms with E-state index in [2.05, 4.69) is 4.72 Å². The van der Waals surface area contributed by atoms with Gasteiger partial charge in [-0.1, -0.05) is 17.7 Å². The number of benzene rings is 1. The van der Waals surface area contributed by atoms with E-state index in [1.54, 1.807) is 32.9 Å². The second-order valence-electron chi connectivity index (χ2n) is 4.89. The lowest BCUT2D eigenvalue weighted by atomic mass is 10.1. The molecule has 0 saturated heterocycles. The molecule has 0 unspecified atom stereocenters. The Morgan fingerprint density at radius 3 is 2.35 bits per heavy atom. The van der Waals surface area contributed by atoms with Crippen LogP contribution in [0.5, 0.6) is 0 Å². The molecule has 0 heterocycles. The third-order valence-electron chi connectivity index (χ3n) is 2.36. The Hall–Kier alpha value is -0.580. The van der Waals surface area contributed by atoms with Crippen molar-refractivity contribution in [3.05, 3.63) is 29.3 Å². The SMILES string of the molecule is Cc1ccc(S(=O)(=O)NC(C)(C)CCl)c(C)c1. The maximum Gasteiger partial charge on any atom is 0.241 e. The smallest absolute Gasteiger partial charge is 0.207 e. The molecule has 0 aliphatic rings. The van der Waals surface area contributed by atoms with Crippen LogP contribution in [0.15, 0.2) is 23.1 Å². The molecule has 3 nitrogen and oxygen atoms in total. The zero-order valence-electron chi connectivity index (χ0n) is 10.5. The van der Waals surface area contributed by atoms with E-state index in [0.29, 0.717) is 4.90 Å². The highest BCUT2D eigenvalue weighted by molar-refractivity contribution is 7.89. The predicted octanol–water partition coefficient (Wildman–Crippen LogP) is 2.60. The number of sulfonamides is 1. The lowest BCUT2D eigenvalue weighted by molar-refractivity contribution is 0.495. The van der Waals surface area contributed by atoms with Gasteiger partial charge in [-0.3, -0.25) is 0 Å². The van der Waals surface area contributed by atoms with Gasteiger partial charge in [0.15, 0.2) is 0 Å². The normalized spacial score (nSPS) is 12.8. The van der Waals surface area contributed by atoms with Crippen LogP contribution in [-0.2, 0) is 10.0 Å². The summed E-state index contributed by atoms with van der Waals surface area (Å²) in [5, 5.41) is 0. The van der Waals surface area contributed by atoms with Gasteiger partial charge >= 0.3 is 0 Å². The first-order chi connectivity index (χ1) is 7.68. The van der Waals surface area contributed by atoms with E-state index in [1.165, 1.54) is 0 Å². The summed E-state index contributed by atoms with van der Waals surface area (Å²) in [4.78, 5) is 0.307. The summed E-state index contributed by atoms with van der Waals surface area (Å²) < 4.78 is 26.9. The van der Waals surface area contributed by atoms with Crippen molar-refractivity contribution in [2.75, 3.05) is 5.88 Å². The maximum atomic E-state index is 12.2. The molecule has 5 heteroatoms. The van der Waals surface area contributed by atoms with Crippen molar-refractivity contribution in [2.24, 2.45) is 0 Å². The van der Waals surface area contributed by atoms with Gasteiger partial charge < -0.3 is 0 Å². The van der Waals surface area contributed by atoms with Gasteiger partial charge in [-0.15, -0.1) is 11.6 Å². The van der Waals surface area contributed by atoms with Crippen molar-refractivity contribution in [3.63, 3.8) is 0 Å². The average Bonchev–Trinajstić information content (AvgIpc) is 2.15. The molecule has 17 heavy (non-hydrogen) atoms. The van der Waals surface area contributed by atoms with Crippen LogP contribution in [0.2, 0.25) is 0 Å². The summed E-state index contributed by atoms with van der Waals surface area (Å²) in [6, 6.07) is 5.26. The Labute approximate surface area is 108 Å². The summed E-state index contributed by atoms with van der Waals surface area (Å²) in [5.74, 6) is 0.219. The van der Waals surface area contributed by atoms with Crippen molar-refractivity contribution >= 4 is 21.6 Å². The largest absolute Gasteiger partial charge is 0.241 e. The van der Waals surface area contributed by atoms with Gasteiger partial charge in [0, 0.05) is 11.4 Å². The molecule has 96 valence electrons. The first-order valence-corrected chi connectivity index (χ1v) is 7.37. The van der Waals surface area contributed by atoms with Crippen LogP contribution in [-0.4, -0.2) is 19.8 Å². The molecular weight excluding hydrogens is 258 g/mol. The Kier molecular flexibility index (Phi) is 4.23. The van der Waals surface area contributed by atoms with E-state index < -0.39 is 15.6 Å². The van der Waals surface area contributed by atoms with Crippen LogP contribution >= 0.6 is 11.6 Å². The molecular formula is C12H18ClNO2S. The molecule has 1 N–H and O–H groups in total. The minimum Gasteiger partial charge on any atom is -0.207 e. The van der Waals surface area contributed by atoms with Crippen molar-refractivity contribution in [3.8, 4) is 0 Å². The molecule has 0 atom stereocenters. The van der Waals surface area contributed by atoms with Crippen LogP contribution in [0.4, 0.5) is 0 Å². The van der Waals surface area contributed by atoms with Crippen LogP contribution in [0.1, 0.15) is 25.0 Å². The first kappa shape index (κ1) is 14.5. The molecule has 0 saturated carbocycles. The fraction of sp³-hybridized carbons (Fsp3) is 0.500. The van der Waals surface area contributed by atoms with Gasteiger partial charge in [0.05, 0.1) is 4.90 Å². The van der Waals surface area contributed by atoms with Crippen molar-refractivity contribution in [1.29, 1.82) is 0 Å². The molecule has 0 radical (unpaired) electrons. The molecule has 1 rings (SSSR count). The van der Waals surface area contributed by atoms with Gasteiger partial charge in [-0.05, 0) is 39.3 Å². The Balaban J connectivity index is 3.14. The van der Waals surface area contributed by atoms with Gasteiger partial charge in [0.1, 0.15) is 0 Å². The molecule has 0 aliphatic heterocycles. The number of hydrogen-bond donors (Lipinski definition) is 1. The molecule has 0 fully saturated rings. The Morgan fingerprint density at radius 2 is 1.88 bits per heavy atom. The zero-order valence-corrected chi connectivity index (χ0v) is 12.1. The van der Waals surface area contributed by atoms with E-state index in [9.17, 15) is 8.42 Å². The Bertz CT molecular complexity index is 509. The number of aryl methyl sites for hydroxylation is 2. The fourth-order valence-electron chi connectivity index (χ4n) is 1.55. The fourth-order valence-corrected chi connectivity index (χ4v) is 3.33. The molecule has 0 amide bonds. The third-order valence-corrected chi connectivity index (χ3v) is 4.89. The van der Waals surface area contributed by atoms with Crippen molar-refractivity contribution in [2.45, 2.75) is 38.1 Å². The van der Waals surface area contributed by atoms with Crippen LogP contribution in [0.3, 0.4) is 0 Å². The molecule has 0 aromatic heterocycles. The minimum absolute atomic E-state index is 0.219. The van der Waals surface area contributed by atoms with E-state index in [-0.39, 0.29) is 5.88 Å². The molecule has 0 bridgehead atoms. The second kappa shape index (κ2) is 4.96. The number of hydrogen-bond acceptors (Lipinski definition) is 2. The zero-order chi connectivity index (χ0) is 13.3. The van der Waals surface area contributed by atoms with Gasteiger partial charge in [-0.2, -0.15) is 0 Å². The van der Waals surface area contributed by atoms with Gasteiger partial charge in [0.25, 0.3) is 0 Å². The summed E-state index contributed by atoms with van der Waals surface area (Å²) in [6.07, 6.45) is 0. The standard InChI is InChI=1S/C12H18ClNO2S/c1-9-5-6-11(10(2)7-9)17(15,16)14-12(3,4)8-13/h5-7,14H,8H2,1-4H3. The first-order valence-electron chi connectivity index (χ1n) is 5.35. The molecule has 1 aromatic carbocycles. The predicted molar refractivity (Wildman–Crippen MR) is 71.0 cm³/mol. The number of nitrogens with one attached hydrogen (secondary N) is 1. The lowest BCUT2D eigenvalue weighted by Crippen LogP contribution is -2.44. The number of halogens is 1. The van der Waals surface area contributed by atoms with Crippen LogP contribution in [0, 0.1) is 13.8 Å². The number of rotatable bonds is 4. The lowest BCUT2D eigenvalue weighted by Gasteiger charge is -2.23. The summed E-state index contributed by atoms with van der Waals surface area (Å²) >= 11 is 5.72. The monoisotopic (exact) mass is 275 g/mol. The average molecular weight is 276 g/mol. The van der Waals surface area contributed by atoms with Crippen molar-refractivity contribution < 1.29 is 8.42 Å². The van der Waals surface area contributed by atoms with Gasteiger partial charge in [-0.25, -0.2) is 13.1 Å². The summed E-state index contributed by atoms with van der Waals surface area (Å²) in [6.45, 7) is 7.22. The highest BCUT2D eigenvalue weighted by Crippen LogP contribution is 2.19. The molecule has 0 spiro atoms. The quantitative estimate of drug-likeness (QED) is 0.859. The molecule has 0 aliphatic carbocycles. The van der Waals surface area contributed by atoms with Gasteiger partial charge in [0.2, 0.25) is 10.0 Å². The molecule has 1 aromatic rings. The van der Waals surface area contributed by atoms with Crippen molar-refractivity contribution in [1.82, 2.24) is 4.72 Å². The number of alkyl halides is 1. The second-order valence-corrected chi connectivity index (χ2v) is 6.81. The van der Waals surface area contributed by atoms with E-state index in [1.807, 2.05) is 13.0 Å². The highest BCUT2D eigenvalue weighted by Gasteiger charge is 2.26. The maximum absolute atomic E-state index is 12.2. The minimum atomic E-state index is -3.51. The summed E-state index contributed by atoms with van der Waals surface area (Å²) in [5.41, 5.74) is 1.12.